The molecule has 1 aromatic rings. The Balaban J connectivity index is 0.00000200. The molecule has 0 saturated carbocycles. The molecule has 5 heteroatoms. The van der Waals surface area contributed by atoms with Crippen LogP contribution in [0.3, 0.4) is 0 Å². The first-order valence-corrected chi connectivity index (χ1v) is 7.02. The molecule has 0 aliphatic carbocycles. The standard InChI is InChI=1S/C15H22F2N2.ClH/c1-2-12-3-5-13(6-4-12)14(11-15(16)17)19-9-7-18-8-10-19;/h3-6,14-15,18H,2,7-11H2,1H3;1H/t14-;/m0./s1. The smallest absolute Gasteiger partial charge is 0.240 e. The molecule has 1 atom stereocenters. The summed E-state index contributed by atoms with van der Waals surface area (Å²) in [6.45, 7) is 5.54. The molecule has 1 aliphatic heterocycles. The molecule has 0 spiro atoms. The number of nitrogens with one attached hydrogen (secondary N) is 1. The molecule has 0 radical (unpaired) electrons. The van der Waals surface area contributed by atoms with Crippen molar-refractivity contribution in [1.29, 1.82) is 0 Å². The van der Waals surface area contributed by atoms with E-state index in [1.165, 1.54) is 5.56 Å². The lowest BCUT2D eigenvalue weighted by Crippen LogP contribution is -2.45. The van der Waals surface area contributed by atoms with E-state index in [9.17, 15) is 8.78 Å². The van der Waals surface area contributed by atoms with Gasteiger partial charge in [-0.2, -0.15) is 0 Å². The van der Waals surface area contributed by atoms with Gasteiger partial charge in [0.05, 0.1) is 0 Å². The van der Waals surface area contributed by atoms with Crippen LogP contribution in [-0.2, 0) is 6.42 Å². The lowest BCUT2D eigenvalue weighted by molar-refractivity contribution is 0.0739. The molecule has 0 amide bonds. The fourth-order valence-electron chi connectivity index (χ4n) is 2.63. The SMILES string of the molecule is CCc1ccc([C@H](CC(F)F)N2CCNCC2)cc1.Cl. The Morgan fingerprint density at radius 3 is 2.25 bits per heavy atom. The Labute approximate surface area is 126 Å². The molecule has 1 N–H and O–H groups in total. The summed E-state index contributed by atoms with van der Waals surface area (Å²) in [5.74, 6) is 0. The second-order valence-electron chi connectivity index (χ2n) is 5.02. The van der Waals surface area contributed by atoms with Gasteiger partial charge in [0.2, 0.25) is 6.43 Å². The van der Waals surface area contributed by atoms with Gasteiger partial charge in [-0.1, -0.05) is 31.2 Å². The highest BCUT2D eigenvalue weighted by molar-refractivity contribution is 5.85. The molecule has 1 aromatic carbocycles. The van der Waals surface area contributed by atoms with Crippen molar-refractivity contribution in [3.63, 3.8) is 0 Å². The lowest BCUT2D eigenvalue weighted by Gasteiger charge is -2.35. The van der Waals surface area contributed by atoms with Crippen LogP contribution in [-0.4, -0.2) is 37.5 Å². The quantitative estimate of drug-likeness (QED) is 0.898. The van der Waals surface area contributed by atoms with Gasteiger partial charge in [0.1, 0.15) is 0 Å². The number of aryl methyl sites for hydroxylation is 1. The Bertz CT molecular complexity index is 378. The van der Waals surface area contributed by atoms with E-state index >= 15 is 0 Å². The topological polar surface area (TPSA) is 15.3 Å². The van der Waals surface area contributed by atoms with Crippen LogP contribution in [0.1, 0.15) is 30.5 Å². The summed E-state index contributed by atoms with van der Waals surface area (Å²) >= 11 is 0. The fraction of sp³-hybridized carbons (Fsp3) is 0.600. The van der Waals surface area contributed by atoms with Gasteiger partial charge in [0, 0.05) is 38.6 Å². The molecule has 1 aliphatic rings. The van der Waals surface area contributed by atoms with Crippen molar-refractivity contribution in [3.05, 3.63) is 35.4 Å². The summed E-state index contributed by atoms with van der Waals surface area (Å²) in [4.78, 5) is 2.17. The predicted molar refractivity (Wildman–Crippen MR) is 80.9 cm³/mol. The van der Waals surface area contributed by atoms with Crippen LogP contribution in [0.4, 0.5) is 8.78 Å². The van der Waals surface area contributed by atoms with Gasteiger partial charge < -0.3 is 5.32 Å². The Kier molecular flexibility index (Phi) is 7.41. The van der Waals surface area contributed by atoms with Crippen LogP contribution in [0.25, 0.3) is 0 Å². The van der Waals surface area contributed by atoms with E-state index < -0.39 is 6.43 Å². The van der Waals surface area contributed by atoms with Crippen molar-refractivity contribution < 1.29 is 8.78 Å². The zero-order chi connectivity index (χ0) is 13.7. The molecule has 2 rings (SSSR count). The average molecular weight is 305 g/mol. The highest BCUT2D eigenvalue weighted by Crippen LogP contribution is 2.27. The van der Waals surface area contributed by atoms with Gasteiger partial charge in [0.15, 0.2) is 0 Å². The maximum atomic E-state index is 12.8. The molecule has 2 nitrogen and oxygen atoms in total. The van der Waals surface area contributed by atoms with E-state index in [1.54, 1.807) is 0 Å². The number of benzene rings is 1. The fourth-order valence-corrected chi connectivity index (χ4v) is 2.63. The van der Waals surface area contributed by atoms with E-state index in [4.69, 9.17) is 0 Å². The minimum atomic E-state index is -2.26. The highest BCUT2D eigenvalue weighted by atomic mass is 35.5. The van der Waals surface area contributed by atoms with E-state index in [1.807, 2.05) is 12.1 Å². The summed E-state index contributed by atoms with van der Waals surface area (Å²) in [6, 6.07) is 7.96. The first-order chi connectivity index (χ1) is 9.20. The predicted octanol–water partition coefficient (Wildman–Crippen LogP) is 3.27. The molecule has 1 heterocycles. The molecule has 0 aromatic heterocycles. The van der Waals surface area contributed by atoms with Crippen molar-refractivity contribution in [1.82, 2.24) is 10.2 Å². The van der Waals surface area contributed by atoms with Gasteiger partial charge in [-0.05, 0) is 17.5 Å². The maximum Gasteiger partial charge on any atom is 0.240 e. The number of rotatable bonds is 5. The number of hydrogen-bond donors (Lipinski definition) is 1. The van der Waals surface area contributed by atoms with Crippen LogP contribution in [0.15, 0.2) is 24.3 Å². The van der Waals surface area contributed by atoms with Crippen LogP contribution in [0.2, 0.25) is 0 Å². The average Bonchev–Trinajstić information content (AvgIpc) is 2.46. The van der Waals surface area contributed by atoms with Gasteiger partial charge in [-0.3, -0.25) is 4.90 Å². The Hall–Kier alpha value is -0.710. The van der Waals surface area contributed by atoms with Crippen LogP contribution < -0.4 is 5.32 Å². The minimum Gasteiger partial charge on any atom is -0.314 e. The number of hydrogen-bond acceptors (Lipinski definition) is 2. The number of piperazine rings is 1. The minimum absolute atomic E-state index is 0. The molecule has 0 unspecified atom stereocenters. The highest BCUT2D eigenvalue weighted by Gasteiger charge is 2.25. The third kappa shape index (κ3) is 4.69. The Morgan fingerprint density at radius 1 is 1.15 bits per heavy atom. The second-order valence-corrected chi connectivity index (χ2v) is 5.02. The van der Waals surface area contributed by atoms with Crippen LogP contribution in [0.5, 0.6) is 0 Å². The summed E-state index contributed by atoms with van der Waals surface area (Å²) in [6.07, 6.45) is -1.36. The largest absolute Gasteiger partial charge is 0.314 e. The van der Waals surface area contributed by atoms with E-state index in [0.29, 0.717) is 0 Å². The summed E-state index contributed by atoms with van der Waals surface area (Å²) in [5, 5.41) is 3.26. The molecular formula is C15H23ClF2N2. The second kappa shape index (κ2) is 8.55. The third-order valence-corrected chi connectivity index (χ3v) is 3.77. The number of halogens is 3. The normalized spacial score (nSPS) is 17.8. The maximum absolute atomic E-state index is 12.8. The zero-order valence-electron chi connectivity index (χ0n) is 11.8. The summed E-state index contributed by atoms with van der Waals surface area (Å²) < 4.78 is 25.7. The van der Waals surface area contributed by atoms with Crippen molar-refractivity contribution in [3.8, 4) is 0 Å². The summed E-state index contributed by atoms with van der Waals surface area (Å²) in [5.41, 5.74) is 2.26. The summed E-state index contributed by atoms with van der Waals surface area (Å²) in [7, 11) is 0. The van der Waals surface area contributed by atoms with Crippen LogP contribution >= 0.6 is 12.4 Å². The van der Waals surface area contributed by atoms with Crippen molar-refractivity contribution in [2.75, 3.05) is 26.2 Å². The van der Waals surface area contributed by atoms with Gasteiger partial charge in [-0.25, -0.2) is 8.78 Å². The van der Waals surface area contributed by atoms with E-state index in [0.717, 1.165) is 38.2 Å². The van der Waals surface area contributed by atoms with Crippen LogP contribution in [0, 0.1) is 0 Å². The molecule has 20 heavy (non-hydrogen) atoms. The molecule has 1 saturated heterocycles. The van der Waals surface area contributed by atoms with Gasteiger partial charge in [0.25, 0.3) is 0 Å². The van der Waals surface area contributed by atoms with Crippen molar-refractivity contribution >= 4 is 12.4 Å². The lowest BCUT2D eigenvalue weighted by atomic mass is 9.99. The molecule has 114 valence electrons. The van der Waals surface area contributed by atoms with Crippen molar-refractivity contribution in [2.45, 2.75) is 32.2 Å². The first-order valence-electron chi connectivity index (χ1n) is 7.02. The van der Waals surface area contributed by atoms with E-state index in [2.05, 4.69) is 29.3 Å². The number of nitrogens with zero attached hydrogens (tertiary/aromatic N) is 1. The Morgan fingerprint density at radius 2 is 1.75 bits per heavy atom. The third-order valence-electron chi connectivity index (χ3n) is 3.77. The first kappa shape index (κ1) is 17.3. The molecular weight excluding hydrogens is 282 g/mol. The van der Waals surface area contributed by atoms with Gasteiger partial charge >= 0.3 is 0 Å². The monoisotopic (exact) mass is 304 g/mol. The van der Waals surface area contributed by atoms with E-state index in [-0.39, 0.29) is 24.9 Å². The molecule has 0 bridgehead atoms. The van der Waals surface area contributed by atoms with Crippen molar-refractivity contribution in [2.24, 2.45) is 0 Å². The molecule has 1 fully saturated rings. The van der Waals surface area contributed by atoms with Gasteiger partial charge in [-0.15, -0.1) is 12.4 Å². The number of alkyl halides is 2. The zero-order valence-corrected chi connectivity index (χ0v) is 12.6.